The molecule has 3 heterocycles. The number of carbonyl (C=O) groups excluding carboxylic acids is 2. The minimum Gasteiger partial charge on any atom is -0.492 e. The van der Waals surface area contributed by atoms with Crippen LogP contribution in [-0.4, -0.2) is 52.7 Å². The Bertz CT molecular complexity index is 923. The molecule has 0 bridgehead atoms. The number of anilines is 1. The van der Waals surface area contributed by atoms with E-state index in [-0.39, 0.29) is 12.5 Å². The molecule has 1 fully saturated rings. The Morgan fingerprint density at radius 2 is 2.29 bits per heavy atom. The lowest BCUT2D eigenvalue weighted by Crippen LogP contribution is -2.33. The molecular weight excluding hydrogens is 364 g/mol. The third-order valence-corrected chi connectivity index (χ3v) is 4.84. The van der Waals surface area contributed by atoms with Crippen LogP contribution in [0.2, 0.25) is 0 Å². The molecule has 0 radical (unpaired) electrons. The fraction of sp³-hybridized carbons (Fsp3) is 0.421. The molecule has 148 valence electrons. The standard InChI is InChI=1S/C19H22N4O5/c1-11(24)20-9-15-10-22(19(26)28-15)14-3-4-16-17(7-14)27-6-5-13-8-21-23(12(2)25)18(13)16/h3-4,7-8,12,15,25H,5-6,9-10H2,1-2H3,(H,20,24). The van der Waals surface area contributed by atoms with Crippen molar-refractivity contribution in [3.05, 3.63) is 30.0 Å². The molecule has 2 N–H and O–H groups in total. The minimum absolute atomic E-state index is 0.168. The Morgan fingerprint density at radius 3 is 3.04 bits per heavy atom. The summed E-state index contributed by atoms with van der Waals surface area (Å²) in [4.78, 5) is 24.9. The molecule has 2 aliphatic heterocycles. The number of amides is 2. The Balaban J connectivity index is 1.63. The number of aliphatic hydroxyl groups excluding tert-OH is 1. The van der Waals surface area contributed by atoms with Crippen molar-refractivity contribution in [3.63, 3.8) is 0 Å². The molecule has 2 amide bonds. The highest BCUT2D eigenvalue weighted by Gasteiger charge is 2.33. The number of carbonyl (C=O) groups is 2. The highest BCUT2D eigenvalue weighted by molar-refractivity contribution is 5.91. The monoisotopic (exact) mass is 386 g/mol. The Labute approximate surface area is 161 Å². The fourth-order valence-corrected chi connectivity index (χ4v) is 3.52. The van der Waals surface area contributed by atoms with Crippen molar-refractivity contribution in [3.8, 4) is 17.0 Å². The fourth-order valence-electron chi connectivity index (χ4n) is 3.52. The number of ether oxygens (including phenoxy) is 2. The second kappa shape index (κ2) is 7.16. The third-order valence-electron chi connectivity index (χ3n) is 4.84. The molecule has 9 nitrogen and oxygen atoms in total. The number of cyclic esters (lactones) is 1. The van der Waals surface area contributed by atoms with E-state index in [1.165, 1.54) is 11.8 Å². The van der Waals surface area contributed by atoms with E-state index in [0.29, 0.717) is 31.0 Å². The van der Waals surface area contributed by atoms with Gasteiger partial charge in [-0.2, -0.15) is 5.10 Å². The van der Waals surface area contributed by atoms with Gasteiger partial charge >= 0.3 is 6.09 Å². The van der Waals surface area contributed by atoms with E-state index in [9.17, 15) is 14.7 Å². The van der Waals surface area contributed by atoms with Crippen molar-refractivity contribution < 1.29 is 24.2 Å². The maximum absolute atomic E-state index is 12.3. The van der Waals surface area contributed by atoms with Crippen LogP contribution < -0.4 is 15.0 Å². The first-order valence-electron chi connectivity index (χ1n) is 9.18. The lowest BCUT2D eigenvalue weighted by Gasteiger charge is -2.17. The molecule has 1 aromatic heterocycles. The summed E-state index contributed by atoms with van der Waals surface area (Å²) in [6.07, 6.45) is 0.797. The van der Waals surface area contributed by atoms with Crippen LogP contribution in [0.4, 0.5) is 10.5 Å². The van der Waals surface area contributed by atoms with Gasteiger partial charge in [0.2, 0.25) is 5.91 Å². The average Bonchev–Trinajstić information content (AvgIpc) is 3.19. The molecule has 2 aliphatic rings. The van der Waals surface area contributed by atoms with Gasteiger partial charge in [-0.15, -0.1) is 0 Å². The Kier molecular flexibility index (Phi) is 4.68. The van der Waals surface area contributed by atoms with Crippen molar-refractivity contribution in [1.82, 2.24) is 15.1 Å². The lowest BCUT2D eigenvalue weighted by atomic mass is 10.1. The first-order chi connectivity index (χ1) is 13.4. The van der Waals surface area contributed by atoms with Crippen LogP contribution in [0.1, 0.15) is 25.6 Å². The number of nitrogens with one attached hydrogen (secondary N) is 1. The van der Waals surface area contributed by atoms with E-state index < -0.39 is 18.4 Å². The van der Waals surface area contributed by atoms with Crippen LogP contribution in [0, 0.1) is 0 Å². The van der Waals surface area contributed by atoms with E-state index in [1.807, 2.05) is 12.1 Å². The summed E-state index contributed by atoms with van der Waals surface area (Å²) < 4.78 is 12.8. The summed E-state index contributed by atoms with van der Waals surface area (Å²) in [5.74, 6) is 0.454. The highest BCUT2D eigenvalue weighted by atomic mass is 16.6. The predicted molar refractivity (Wildman–Crippen MR) is 100 cm³/mol. The van der Waals surface area contributed by atoms with Crippen LogP contribution in [0.25, 0.3) is 11.3 Å². The van der Waals surface area contributed by atoms with Crippen molar-refractivity contribution in [2.24, 2.45) is 0 Å². The second-order valence-corrected chi connectivity index (χ2v) is 6.93. The van der Waals surface area contributed by atoms with Gasteiger partial charge in [-0.25, -0.2) is 9.48 Å². The number of benzene rings is 1. The Hall–Kier alpha value is -3.07. The Morgan fingerprint density at radius 1 is 1.46 bits per heavy atom. The summed E-state index contributed by atoms with van der Waals surface area (Å²) in [5.41, 5.74) is 3.29. The molecule has 0 spiro atoms. The number of aliphatic hydroxyl groups is 1. The van der Waals surface area contributed by atoms with Crippen LogP contribution >= 0.6 is 0 Å². The first kappa shape index (κ1) is 18.3. The van der Waals surface area contributed by atoms with E-state index in [0.717, 1.165) is 16.8 Å². The smallest absolute Gasteiger partial charge is 0.414 e. The zero-order valence-corrected chi connectivity index (χ0v) is 15.7. The number of rotatable bonds is 4. The molecule has 2 unspecified atom stereocenters. The maximum Gasteiger partial charge on any atom is 0.414 e. The summed E-state index contributed by atoms with van der Waals surface area (Å²) in [6.45, 7) is 4.17. The molecule has 1 saturated heterocycles. The van der Waals surface area contributed by atoms with Gasteiger partial charge in [0.05, 0.1) is 37.3 Å². The zero-order valence-electron chi connectivity index (χ0n) is 15.7. The number of hydrogen-bond acceptors (Lipinski definition) is 6. The molecule has 4 rings (SSSR count). The first-order valence-corrected chi connectivity index (χ1v) is 9.18. The van der Waals surface area contributed by atoms with Gasteiger partial charge in [-0.05, 0) is 19.1 Å². The molecular formula is C19H22N4O5. The molecule has 2 aromatic rings. The summed E-state index contributed by atoms with van der Waals surface area (Å²) >= 11 is 0. The number of aromatic nitrogens is 2. The third kappa shape index (κ3) is 3.29. The van der Waals surface area contributed by atoms with Gasteiger partial charge in [0.1, 0.15) is 18.1 Å². The van der Waals surface area contributed by atoms with Gasteiger partial charge in [0, 0.05) is 30.5 Å². The summed E-state index contributed by atoms with van der Waals surface area (Å²) in [5, 5.41) is 17.0. The molecule has 0 aliphatic carbocycles. The van der Waals surface area contributed by atoms with E-state index in [1.54, 1.807) is 23.9 Å². The summed E-state index contributed by atoms with van der Waals surface area (Å²) in [6, 6.07) is 5.48. The zero-order chi connectivity index (χ0) is 19.8. The quantitative estimate of drug-likeness (QED) is 0.824. The topological polar surface area (TPSA) is 106 Å². The van der Waals surface area contributed by atoms with Gasteiger partial charge in [-0.3, -0.25) is 9.69 Å². The number of fused-ring (bicyclic) bond motifs is 3. The van der Waals surface area contributed by atoms with Crippen LogP contribution in [0.3, 0.4) is 0 Å². The van der Waals surface area contributed by atoms with Gasteiger partial charge in [0.25, 0.3) is 0 Å². The largest absolute Gasteiger partial charge is 0.492 e. The molecule has 28 heavy (non-hydrogen) atoms. The van der Waals surface area contributed by atoms with E-state index >= 15 is 0 Å². The SMILES string of the molecule is CC(=O)NCC1CN(c2ccc3c(c2)OCCc2cnn(C(C)O)c2-3)C(=O)O1. The average molecular weight is 386 g/mol. The highest BCUT2D eigenvalue weighted by Crippen LogP contribution is 2.39. The van der Waals surface area contributed by atoms with Gasteiger partial charge in [0.15, 0.2) is 0 Å². The lowest BCUT2D eigenvalue weighted by molar-refractivity contribution is -0.119. The van der Waals surface area contributed by atoms with Crippen molar-refractivity contribution in [1.29, 1.82) is 0 Å². The summed E-state index contributed by atoms with van der Waals surface area (Å²) in [7, 11) is 0. The second-order valence-electron chi connectivity index (χ2n) is 6.93. The molecule has 2 atom stereocenters. The minimum atomic E-state index is -0.766. The number of hydrogen-bond donors (Lipinski definition) is 2. The molecule has 0 saturated carbocycles. The van der Waals surface area contributed by atoms with Gasteiger partial charge < -0.3 is 19.9 Å². The van der Waals surface area contributed by atoms with E-state index in [4.69, 9.17) is 9.47 Å². The van der Waals surface area contributed by atoms with Crippen molar-refractivity contribution >= 4 is 17.7 Å². The normalized spacial score (nSPS) is 19.2. The molecule has 1 aromatic carbocycles. The van der Waals surface area contributed by atoms with Crippen LogP contribution in [0.15, 0.2) is 24.4 Å². The van der Waals surface area contributed by atoms with Crippen molar-refractivity contribution in [2.45, 2.75) is 32.6 Å². The molecule has 9 heteroatoms. The number of nitrogens with zero attached hydrogens (tertiary/aromatic N) is 3. The van der Waals surface area contributed by atoms with Crippen molar-refractivity contribution in [2.75, 3.05) is 24.6 Å². The van der Waals surface area contributed by atoms with Crippen LogP contribution in [-0.2, 0) is 16.0 Å². The van der Waals surface area contributed by atoms with Gasteiger partial charge in [-0.1, -0.05) is 0 Å². The van der Waals surface area contributed by atoms with E-state index in [2.05, 4.69) is 10.4 Å². The maximum atomic E-state index is 12.3. The van der Waals surface area contributed by atoms with Crippen LogP contribution in [0.5, 0.6) is 5.75 Å². The predicted octanol–water partition coefficient (Wildman–Crippen LogP) is 1.46.